The second-order valence-corrected chi connectivity index (χ2v) is 21.8. The zero-order valence-corrected chi connectivity index (χ0v) is 46.2. The van der Waals surface area contributed by atoms with Gasteiger partial charge in [-0.2, -0.15) is 0 Å². The van der Waals surface area contributed by atoms with Crippen LogP contribution in [0.25, 0.3) is 0 Å². The third-order valence-electron chi connectivity index (χ3n) is 16.6. The van der Waals surface area contributed by atoms with Crippen LogP contribution in [0.1, 0.15) is 145 Å². The standard InChI is InChI=1S/C58H78N8O8.C2H4O2/c1-37(59-3)53(67)61-49(39-21-9-7-10-22-39)57(71)65-31-19-29-45(65)55(69)63-51-43-27-15-13-25-41(43)35-47(51)73-33-17-5-6-18-34-74-48-36-42-26-14-16-28-44(42)52(48)64-56(70)46-30-20-32-66(46)58(72)50(40-23-11-8-12-24-40)62-54(68)38(2)60-4;1-2(3)4/h13-16,25-28,37-40,45-52,59-60H,7-12,19-24,29-36H2,1-4H3,(H,61,67)(H,62,68)(H,63,69)(H,64,70);1H3,(H,3,4). The van der Waals surface area contributed by atoms with E-state index in [9.17, 15) is 28.8 Å². The van der Waals surface area contributed by atoms with E-state index in [2.05, 4.69) is 55.6 Å². The van der Waals surface area contributed by atoms with E-state index >= 15 is 0 Å². The van der Waals surface area contributed by atoms with Crippen molar-refractivity contribution in [3.05, 3.63) is 70.8 Å². The number of rotatable bonds is 18. The van der Waals surface area contributed by atoms with E-state index in [0.717, 1.165) is 93.4 Å². The molecule has 2 aromatic rings. The number of carboxylic acid groups (broad SMARTS) is 1. The number of nitrogens with zero attached hydrogens (tertiary/aromatic N) is 2. The molecule has 0 spiro atoms. The molecule has 6 aliphatic rings. The molecular weight excluding hydrogens is 993 g/mol. The summed E-state index contributed by atoms with van der Waals surface area (Å²) in [6.07, 6.45) is 12.6. The van der Waals surface area contributed by atoms with Gasteiger partial charge < -0.3 is 56.3 Å². The summed E-state index contributed by atoms with van der Waals surface area (Å²) in [6.45, 7) is 5.70. The summed E-state index contributed by atoms with van der Waals surface area (Å²) in [5.74, 6) is 9.73. The van der Waals surface area contributed by atoms with Crippen LogP contribution < -0.4 is 31.9 Å². The number of aliphatic carboxylic acids is 1. The highest BCUT2D eigenvalue weighted by atomic mass is 16.5. The molecule has 18 heteroatoms. The number of benzene rings is 2. The first-order chi connectivity index (χ1) is 37.7. The van der Waals surface area contributed by atoms with Crippen LogP contribution in [0.4, 0.5) is 0 Å². The van der Waals surface area contributed by atoms with Gasteiger partial charge in [0.2, 0.25) is 35.4 Å². The van der Waals surface area contributed by atoms with Gasteiger partial charge in [0, 0.05) is 32.9 Å². The molecule has 4 aliphatic carbocycles. The Morgan fingerprint density at radius 3 is 1.32 bits per heavy atom. The van der Waals surface area contributed by atoms with E-state index in [0.29, 0.717) is 51.6 Å². The topological polar surface area (TPSA) is 237 Å². The smallest absolute Gasteiger partial charge is 0.300 e. The average Bonchev–Trinajstić information content (AvgIpc) is 4.33. The summed E-state index contributed by atoms with van der Waals surface area (Å²) in [7, 11) is 3.44. The maximum Gasteiger partial charge on any atom is 0.300 e. The van der Waals surface area contributed by atoms with Crippen molar-refractivity contribution in [2.75, 3.05) is 40.4 Å². The molecule has 18 nitrogen and oxygen atoms in total. The van der Waals surface area contributed by atoms with Gasteiger partial charge in [0.15, 0.2) is 0 Å². The predicted octanol–water partition coefficient (Wildman–Crippen LogP) is 4.01. The molecule has 2 saturated carbocycles. The number of hydrogen-bond donors (Lipinski definition) is 7. The van der Waals surface area contributed by atoms with Crippen LogP contribution in [0.2, 0.25) is 0 Å². The van der Waals surface area contributed by atoms with Crippen LogP contribution in [0, 0.1) is 35.5 Å². The number of amides is 6. The lowest BCUT2D eigenvalue weighted by molar-refractivity contribution is -0.143. The summed E-state index contributed by atoms with van der Waals surface area (Å²) >= 11 is 0. The number of carbonyl (C=O) groups excluding carboxylic acids is 6. The van der Waals surface area contributed by atoms with E-state index in [1.165, 1.54) is 0 Å². The molecule has 0 bridgehead atoms. The zero-order chi connectivity index (χ0) is 55.7. The number of ether oxygens (including phenoxy) is 2. The van der Waals surface area contributed by atoms with Gasteiger partial charge in [0.1, 0.15) is 37.4 Å². The molecule has 422 valence electrons. The molecule has 10 atom stereocenters. The minimum atomic E-state index is -0.833. The van der Waals surface area contributed by atoms with E-state index in [1.807, 2.05) is 48.5 Å². The van der Waals surface area contributed by atoms with E-state index in [-0.39, 0.29) is 72.7 Å². The molecule has 6 amide bonds. The van der Waals surface area contributed by atoms with Crippen molar-refractivity contribution < 1.29 is 48.1 Å². The molecule has 7 N–H and O–H groups in total. The van der Waals surface area contributed by atoms with Gasteiger partial charge in [-0.15, -0.1) is 0 Å². The fraction of sp³-hybridized carbons (Fsp3) is 0.617. The molecule has 78 heavy (non-hydrogen) atoms. The maximum absolute atomic E-state index is 14.3. The largest absolute Gasteiger partial charge is 0.481 e. The Bertz CT molecular complexity index is 2390. The van der Waals surface area contributed by atoms with Crippen LogP contribution in [0.15, 0.2) is 48.5 Å². The second kappa shape index (κ2) is 29.1. The maximum atomic E-state index is 14.3. The normalized spacial score (nSPS) is 24.2. The fourth-order valence-corrected chi connectivity index (χ4v) is 12.2. The molecule has 2 heterocycles. The lowest BCUT2D eigenvalue weighted by Gasteiger charge is -2.35. The number of carbonyl (C=O) groups is 7. The number of fused-ring (bicyclic) bond motifs is 2. The number of likely N-dealkylation sites (N-methyl/N-ethyl adjacent to an activating group) is 2. The zero-order valence-electron chi connectivity index (χ0n) is 46.2. The molecule has 10 unspecified atom stereocenters. The van der Waals surface area contributed by atoms with E-state index < -0.39 is 54.3 Å². The van der Waals surface area contributed by atoms with Crippen LogP contribution in [0.5, 0.6) is 0 Å². The van der Waals surface area contributed by atoms with Crippen molar-refractivity contribution in [3.8, 4) is 23.7 Å². The fourth-order valence-electron chi connectivity index (χ4n) is 12.2. The van der Waals surface area contributed by atoms with Gasteiger partial charge in [-0.05, 0) is 125 Å². The Labute approximate surface area is 460 Å². The summed E-state index contributed by atoms with van der Waals surface area (Å²) in [5, 5.41) is 26.0. The van der Waals surface area contributed by atoms with Gasteiger partial charge in [-0.1, -0.05) is 98.9 Å². The molecule has 2 aliphatic heterocycles. The molecule has 2 aromatic carbocycles. The monoisotopic (exact) mass is 1070 g/mol. The minimum absolute atomic E-state index is 0.0261. The van der Waals surface area contributed by atoms with Crippen LogP contribution in [-0.4, -0.2) is 145 Å². The van der Waals surface area contributed by atoms with Gasteiger partial charge in [0.05, 0.1) is 36.4 Å². The quantitative estimate of drug-likeness (QED) is 0.105. The number of hydrogen-bond acceptors (Lipinski definition) is 11. The summed E-state index contributed by atoms with van der Waals surface area (Å²) in [6, 6.07) is 11.5. The Morgan fingerprint density at radius 2 is 0.949 bits per heavy atom. The van der Waals surface area contributed by atoms with Crippen molar-refractivity contribution in [2.45, 2.75) is 184 Å². The Morgan fingerprint density at radius 1 is 0.577 bits per heavy atom. The summed E-state index contributed by atoms with van der Waals surface area (Å²) in [4.78, 5) is 95.6. The lowest BCUT2D eigenvalue weighted by Crippen LogP contribution is -2.58. The van der Waals surface area contributed by atoms with Gasteiger partial charge in [-0.25, -0.2) is 0 Å². The number of carboxylic acids is 1. The highest BCUT2D eigenvalue weighted by molar-refractivity contribution is 5.95. The predicted molar refractivity (Wildman–Crippen MR) is 294 cm³/mol. The van der Waals surface area contributed by atoms with Crippen molar-refractivity contribution in [2.24, 2.45) is 11.8 Å². The SMILES string of the molecule is CC(=O)O.CNC(C)C(=O)NC(C(=O)N1CCCC1C(=O)NC1c2ccccc2CC1OCC#CC#CCOC1Cc2ccccc2C1NC(=O)C1CCCN1C(=O)C(NC(=O)C(C)NC)C1CCCCC1)C1CCCCC1. The van der Waals surface area contributed by atoms with Gasteiger partial charge in [-0.3, -0.25) is 33.6 Å². The molecule has 8 rings (SSSR count). The molecule has 0 radical (unpaired) electrons. The highest BCUT2D eigenvalue weighted by Gasteiger charge is 2.45. The Balaban J connectivity index is 0.00000213. The van der Waals surface area contributed by atoms with E-state index in [1.54, 1.807) is 37.7 Å². The van der Waals surface area contributed by atoms with Gasteiger partial charge >= 0.3 is 0 Å². The van der Waals surface area contributed by atoms with Crippen molar-refractivity contribution in [1.82, 2.24) is 41.7 Å². The molecular formula is C60H82N8O10. The molecule has 4 fully saturated rings. The third-order valence-corrected chi connectivity index (χ3v) is 16.6. The third kappa shape index (κ3) is 15.3. The summed E-state index contributed by atoms with van der Waals surface area (Å²) in [5.41, 5.74) is 4.10. The van der Waals surface area contributed by atoms with E-state index in [4.69, 9.17) is 19.4 Å². The van der Waals surface area contributed by atoms with Crippen molar-refractivity contribution >= 4 is 41.4 Å². The van der Waals surface area contributed by atoms with Crippen LogP contribution in [-0.2, 0) is 55.9 Å². The first-order valence-corrected chi connectivity index (χ1v) is 28.4. The number of likely N-dealkylation sites (tertiary alicyclic amines) is 2. The van der Waals surface area contributed by atoms with Crippen LogP contribution >= 0.6 is 0 Å². The van der Waals surface area contributed by atoms with Crippen molar-refractivity contribution in [3.63, 3.8) is 0 Å². The summed E-state index contributed by atoms with van der Waals surface area (Å²) < 4.78 is 12.7. The first kappa shape index (κ1) is 59.4. The highest BCUT2D eigenvalue weighted by Crippen LogP contribution is 2.37. The lowest BCUT2D eigenvalue weighted by atomic mass is 9.83. The Kier molecular flexibility index (Phi) is 22.1. The first-order valence-electron chi connectivity index (χ1n) is 28.4. The number of nitrogens with one attached hydrogen (secondary N) is 6. The average molecular weight is 1080 g/mol. The molecule has 2 saturated heterocycles. The molecule has 0 aromatic heterocycles. The minimum Gasteiger partial charge on any atom is -0.481 e. The van der Waals surface area contributed by atoms with Gasteiger partial charge in [0.25, 0.3) is 5.97 Å². The second-order valence-electron chi connectivity index (χ2n) is 21.8. The van der Waals surface area contributed by atoms with Crippen LogP contribution in [0.3, 0.4) is 0 Å². The van der Waals surface area contributed by atoms with Crippen molar-refractivity contribution in [1.29, 1.82) is 0 Å². The Hall–Kier alpha value is -6.31.